The number of fused-ring (bicyclic) bond motifs is 1. The first-order valence-electron chi connectivity index (χ1n) is 5.04. The van der Waals surface area contributed by atoms with Crippen LogP contribution < -0.4 is 0 Å². The van der Waals surface area contributed by atoms with Crippen LogP contribution in [0, 0.1) is 6.61 Å². The third-order valence-electron chi connectivity index (χ3n) is 2.90. The van der Waals surface area contributed by atoms with Gasteiger partial charge in [0, 0.05) is 28.7 Å². The molecule has 0 N–H and O–H groups in total. The largest absolute Gasteiger partial charge is 0.363 e. The number of rotatable bonds is 0. The van der Waals surface area contributed by atoms with Crippen molar-refractivity contribution in [2.24, 2.45) is 0 Å². The molecule has 0 amide bonds. The summed E-state index contributed by atoms with van der Waals surface area (Å²) >= 11 is 0. The molecule has 0 unspecified atom stereocenters. The van der Waals surface area contributed by atoms with E-state index in [0.29, 0.717) is 28.7 Å². The third-order valence-corrected chi connectivity index (χ3v) is 2.90. The van der Waals surface area contributed by atoms with E-state index in [2.05, 4.69) is 6.61 Å². The summed E-state index contributed by atoms with van der Waals surface area (Å²) < 4.78 is 4.99. The van der Waals surface area contributed by atoms with E-state index in [4.69, 9.17) is 4.74 Å². The summed E-state index contributed by atoms with van der Waals surface area (Å²) in [6, 6.07) is 6.90. The van der Waals surface area contributed by atoms with Crippen molar-refractivity contribution < 1.29 is 14.3 Å². The van der Waals surface area contributed by atoms with Crippen LogP contribution in [-0.4, -0.2) is 18.2 Å². The van der Waals surface area contributed by atoms with Gasteiger partial charge in [-0.15, -0.1) is 0 Å². The Morgan fingerprint density at radius 3 is 2.31 bits per heavy atom. The van der Waals surface area contributed by atoms with Crippen molar-refractivity contribution in [2.45, 2.75) is 6.42 Å². The highest BCUT2D eigenvalue weighted by atomic mass is 16.5. The summed E-state index contributed by atoms with van der Waals surface area (Å²) in [7, 11) is 0. The predicted octanol–water partition coefficient (Wildman–Crippen LogP) is 1.82. The summed E-state index contributed by atoms with van der Waals surface area (Å²) in [6.45, 7) is 2.80. The smallest absolute Gasteiger partial charge is 0.192 e. The number of carbonyl (C=O) groups excluding carboxylic acids is 2. The number of hydrogen-bond acceptors (Lipinski definition) is 3. The maximum absolute atomic E-state index is 12.1. The third kappa shape index (κ3) is 1.18. The molecule has 0 saturated heterocycles. The summed E-state index contributed by atoms with van der Waals surface area (Å²) in [5.41, 5.74) is 2.00. The first-order valence-corrected chi connectivity index (χ1v) is 5.04. The molecule has 0 fully saturated rings. The zero-order valence-electron chi connectivity index (χ0n) is 8.45. The van der Waals surface area contributed by atoms with Gasteiger partial charge < -0.3 is 4.74 Å². The van der Waals surface area contributed by atoms with Gasteiger partial charge in [-0.1, -0.05) is 24.3 Å². The van der Waals surface area contributed by atoms with E-state index in [1.54, 1.807) is 24.3 Å². The van der Waals surface area contributed by atoms with Crippen molar-refractivity contribution in [3.63, 3.8) is 0 Å². The molecule has 2 radical (unpaired) electrons. The molecular weight excluding hydrogens is 204 g/mol. The van der Waals surface area contributed by atoms with Crippen LogP contribution in [0.3, 0.4) is 0 Å². The van der Waals surface area contributed by atoms with Crippen LogP contribution in [0.25, 0.3) is 0 Å². The van der Waals surface area contributed by atoms with E-state index in [1.165, 1.54) is 0 Å². The standard InChI is InChI=1S/C13H8O3/c14-12-8-3-1-2-4-9(8)13(15)11-7-16-6-5-10(11)12/h1-4H,5,7H2. The Kier molecular flexibility index (Phi) is 2.01. The van der Waals surface area contributed by atoms with Gasteiger partial charge in [0.1, 0.15) is 6.61 Å². The molecule has 1 aromatic carbocycles. The fourth-order valence-electron chi connectivity index (χ4n) is 2.06. The van der Waals surface area contributed by atoms with Crippen LogP contribution in [0.4, 0.5) is 0 Å². The van der Waals surface area contributed by atoms with E-state index in [1.807, 2.05) is 0 Å². The second kappa shape index (κ2) is 3.39. The molecule has 3 nitrogen and oxygen atoms in total. The molecule has 0 spiro atoms. The Morgan fingerprint density at radius 1 is 1.00 bits per heavy atom. The van der Waals surface area contributed by atoms with Gasteiger partial charge in [-0.05, 0) is 0 Å². The Bertz CT molecular complexity index is 479. The van der Waals surface area contributed by atoms with Crippen molar-refractivity contribution in [2.75, 3.05) is 6.61 Å². The van der Waals surface area contributed by atoms with Gasteiger partial charge in [0.15, 0.2) is 11.6 Å². The second-order valence-corrected chi connectivity index (χ2v) is 3.77. The second-order valence-electron chi connectivity index (χ2n) is 3.77. The zero-order valence-corrected chi connectivity index (χ0v) is 8.45. The number of ether oxygens (including phenoxy) is 1. The van der Waals surface area contributed by atoms with Crippen LogP contribution in [-0.2, 0) is 4.74 Å². The van der Waals surface area contributed by atoms with Crippen molar-refractivity contribution in [1.82, 2.24) is 0 Å². The highest BCUT2D eigenvalue weighted by Gasteiger charge is 2.33. The summed E-state index contributed by atoms with van der Waals surface area (Å²) in [4.78, 5) is 24.2. The van der Waals surface area contributed by atoms with Gasteiger partial charge in [0.05, 0.1) is 6.61 Å². The molecule has 3 heteroatoms. The highest BCUT2D eigenvalue weighted by molar-refractivity contribution is 6.27. The molecule has 1 aliphatic heterocycles. The highest BCUT2D eigenvalue weighted by Crippen LogP contribution is 2.31. The van der Waals surface area contributed by atoms with Gasteiger partial charge in [0.25, 0.3) is 0 Å². The molecule has 0 atom stereocenters. The molecule has 1 aliphatic carbocycles. The quantitative estimate of drug-likeness (QED) is 0.658. The molecule has 1 heterocycles. The van der Waals surface area contributed by atoms with Crippen molar-refractivity contribution >= 4 is 11.6 Å². The van der Waals surface area contributed by atoms with E-state index < -0.39 is 0 Å². The van der Waals surface area contributed by atoms with Gasteiger partial charge >= 0.3 is 0 Å². The summed E-state index contributed by atoms with van der Waals surface area (Å²) in [5.74, 6) is -0.160. The molecular formula is C13H8O3. The number of benzene rings is 1. The Hall–Kier alpha value is -1.74. The summed E-state index contributed by atoms with van der Waals surface area (Å²) in [6.07, 6.45) is 0.300. The van der Waals surface area contributed by atoms with E-state index in [-0.39, 0.29) is 18.2 Å². The zero-order chi connectivity index (χ0) is 11.1. The van der Waals surface area contributed by atoms with Gasteiger partial charge in [-0.2, -0.15) is 0 Å². The molecule has 0 aromatic heterocycles. The molecule has 0 saturated carbocycles. The number of hydrogen-bond donors (Lipinski definition) is 0. The van der Waals surface area contributed by atoms with E-state index >= 15 is 0 Å². The number of Topliss-reactive ketones (excluding diaryl/α,β-unsaturated/α-hetero) is 2. The minimum atomic E-state index is -0.0910. The average Bonchev–Trinajstić information content (AvgIpc) is 2.36. The topological polar surface area (TPSA) is 43.4 Å². The maximum Gasteiger partial charge on any atom is 0.192 e. The first-order chi connectivity index (χ1) is 7.79. The molecule has 1 aromatic rings. The Morgan fingerprint density at radius 2 is 1.62 bits per heavy atom. The fraction of sp³-hybridized carbons (Fsp3) is 0.154. The summed E-state index contributed by atoms with van der Waals surface area (Å²) in [5, 5.41) is 0. The van der Waals surface area contributed by atoms with Crippen molar-refractivity contribution in [1.29, 1.82) is 0 Å². The molecule has 78 valence electrons. The van der Waals surface area contributed by atoms with Crippen LogP contribution >= 0.6 is 0 Å². The van der Waals surface area contributed by atoms with Crippen LogP contribution in [0.1, 0.15) is 27.1 Å². The normalized spacial score (nSPS) is 19.5. The lowest BCUT2D eigenvalue weighted by Gasteiger charge is -2.23. The van der Waals surface area contributed by atoms with Gasteiger partial charge in [-0.25, -0.2) is 0 Å². The minimum Gasteiger partial charge on any atom is -0.363 e. The average molecular weight is 212 g/mol. The first kappa shape index (κ1) is 9.48. The predicted molar refractivity (Wildman–Crippen MR) is 55.9 cm³/mol. The molecule has 0 bridgehead atoms. The SMILES string of the molecule is O=C1C2=C(CO[C]C2)C(=O)c2ccccc21. The molecule has 16 heavy (non-hydrogen) atoms. The van der Waals surface area contributed by atoms with E-state index in [0.717, 1.165) is 0 Å². The lowest BCUT2D eigenvalue weighted by atomic mass is 9.82. The monoisotopic (exact) mass is 212 g/mol. The Labute approximate surface area is 92.7 Å². The van der Waals surface area contributed by atoms with Crippen LogP contribution in [0.5, 0.6) is 0 Å². The van der Waals surface area contributed by atoms with E-state index in [9.17, 15) is 9.59 Å². The lowest BCUT2D eigenvalue weighted by Crippen LogP contribution is -2.27. The molecule has 3 rings (SSSR count). The number of ketones is 2. The maximum atomic E-state index is 12.1. The fourth-order valence-corrected chi connectivity index (χ4v) is 2.06. The van der Waals surface area contributed by atoms with Gasteiger partial charge in [-0.3, -0.25) is 9.59 Å². The van der Waals surface area contributed by atoms with Crippen molar-refractivity contribution in [3.8, 4) is 0 Å². The van der Waals surface area contributed by atoms with Gasteiger partial charge in [0.2, 0.25) is 0 Å². The van der Waals surface area contributed by atoms with Crippen molar-refractivity contribution in [3.05, 3.63) is 53.1 Å². The lowest BCUT2D eigenvalue weighted by molar-refractivity contribution is 0.0931. The minimum absolute atomic E-state index is 0.0685. The number of carbonyl (C=O) groups is 2. The molecule has 2 aliphatic rings. The van der Waals surface area contributed by atoms with Crippen LogP contribution in [0.2, 0.25) is 0 Å². The van der Waals surface area contributed by atoms with Crippen LogP contribution in [0.15, 0.2) is 35.4 Å². The Balaban J connectivity index is 2.22.